The Balaban J connectivity index is 1.99. The second kappa shape index (κ2) is 4.59. The van der Waals surface area contributed by atoms with Gasteiger partial charge in [-0.1, -0.05) is 0 Å². The number of nitrogens with zero attached hydrogens (tertiary/aromatic N) is 3. The summed E-state index contributed by atoms with van der Waals surface area (Å²) < 4.78 is 39.2. The second-order valence-electron chi connectivity index (χ2n) is 4.85. The molecule has 0 bridgehead atoms. The fourth-order valence-electron chi connectivity index (χ4n) is 2.20. The largest absolute Gasteiger partial charge is 0.417 e. The topological polar surface area (TPSA) is 56.7 Å². The van der Waals surface area contributed by atoms with Crippen LogP contribution in [-0.2, 0) is 12.7 Å². The zero-order valence-electron chi connectivity index (χ0n) is 10.6. The Bertz CT molecular complexity index is 612. The normalized spacial score (nSPS) is 15.6. The van der Waals surface area contributed by atoms with Gasteiger partial charge in [0, 0.05) is 24.2 Å². The van der Waals surface area contributed by atoms with Crippen molar-refractivity contribution in [1.29, 1.82) is 0 Å². The number of pyridine rings is 1. The highest BCUT2D eigenvalue weighted by Gasteiger charge is 2.32. The van der Waals surface area contributed by atoms with Crippen molar-refractivity contribution >= 4 is 0 Å². The second-order valence-corrected chi connectivity index (χ2v) is 4.85. The van der Waals surface area contributed by atoms with Crippen LogP contribution in [0.5, 0.6) is 0 Å². The molecule has 1 saturated carbocycles. The molecule has 2 N–H and O–H groups in total. The molecule has 20 heavy (non-hydrogen) atoms. The predicted molar refractivity (Wildman–Crippen MR) is 66.2 cm³/mol. The quantitative estimate of drug-likeness (QED) is 0.941. The Hall–Kier alpha value is -1.89. The van der Waals surface area contributed by atoms with Gasteiger partial charge < -0.3 is 5.73 Å². The van der Waals surface area contributed by atoms with Gasteiger partial charge in [-0.2, -0.15) is 18.3 Å². The Labute approximate surface area is 113 Å². The van der Waals surface area contributed by atoms with Crippen LogP contribution in [0, 0.1) is 0 Å². The average Bonchev–Trinajstić information content (AvgIpc) is 3.17. The van der Waals surface area contributed by atoms with E-state index >= 15 is 0 Å². The molecule has 0 unspecified atom stereocenters. The number of nitrogens with two attached hydrogens (primary N) is 1. The van der Waals surface area contributed by atoms with Gasteiger partial charge in [0.2, 0.25) is 0 Å². The van der Waals surface area contributed by atoms with E-state index in [-0.39, 0.29) is 0 Å². The molecule has 1 aliphatic rings. The van der Waals surface area contributed by atoms with Gasteiger partial charge in [0.15, 0.2) is 5.82 Å². The molecule has 0 saturated heterocycles. The summed E-state index contributed by atoms with van der Waals surface area (Å²) in [5.74, 6) is 0.778. The smallest absolute Gasteiger partial charge is 0.326 e. The molecular weight excluding hydrogens is 269 g/mol. The molecular formula is C13H13F3N4. The van der Waals surface area contributed by atoms with Crippen molar-refractivity contribution in [3.8, 4) is 5.82 Å². The monoisotopic (exact) mass is 282 g/mol. The predicted octanol–water partition coefficient (Wildman–Crippen LogP) is 2.62. The van der Waals surface area contributed by atoms with Crippen molar-refractivity contribution in [3.63, 3.8) is 0 Å². The Morgan fingerprint density at radius 2 is 2.00 bits per heavy atom. The number of rotatable bonds is 3. The lowest BCUT2D eigenvalue weighted by atomic mass is 10.2. The Kier molecular flexibility index (Phi) is 3.01. The van der Waals surface area contributed by atoms with E-state index in [1.807, 2.05) is 0 Å². The highest BCUT2D eigenvalue weighted by molar-refractivity contribution is 5.34. The fraction of sp³-hybridized carbons (Fsp3) is 0.385. The summed E-state index contributed by atoms with van der Waals surface area (Å²) >= 11 is 0. The van der Waals surface area contributed by atoms with Gasteiger partial charge in [0.1, 0.15) is 0 Å². The van der Waals surface area contributed by atoms with E-state index in [0.29, 0.717) is 18.3 Å². The third kappa shape index (κ3) is 2.29. The van der Waals surface area contributed by atoms with Crippen molar-refractivity contribution in [3.05, 3.63) is 41.3 Å². The maximum absolute atomic E-state index is 12.5. The summed E-state index contributed by atoms with van der Waals surface area (Å²) in [6, 6.07) is 2.35. The SMILES string of the molecule is NCc1cnn(-c2ccc(C(F)(F)F)cn2)c1C1CC1. The van der Waals surface area contributed by atoms with Crippen molar-refractivity contribution in [1.82, 2.24) is 14.8 Å². The van der Waals surface area contributed by atoms with Crippen LogP contribution in [0.2, 0.25) is 0 Å². The highest BCUT2D eigenvalue weighted by Crippen LogP contribution is 2.42. The molecule has 3 rings (SSSR count). The fourth-order valence-corrected chi connectivity index (χ4v) is 2.20. The van der Waals surface area contributed by atoms with Gasteiger partial charge in [0.25, 0.3) is 0 Å². The van der Waals surface area contributed by atoms with Gasteiger partial charge in [-0.25, -0.2) is 9.67 Å². The van der Waals surface area contributed by atoms with Crippen LogP contribution in [0.1, 0.15) is 35.6 Å². The average molecular weight is 282 g/mol. The number of alkyl halides is 3. The Morgan fingerprint density at radius 1 is 1.25 bits per heavy atom. The van der Waals surface area contributed by atoms with Crippen LogP contribution in [0.25, 0.3) is 5.82 Å². The molecule has 0 radical (unpaired) electrons. The number of aromatic nitrogens is 3. The first-order valence-electron chi connectivity index (χ1n) is 6.31. The summed E-state index contributed by atoms with van der Waals surface area (Å²) in [5, 5.41) is 4.20. The van der Waals surface area contributed by atoms with E-state index < -0.39 is 11.7 Å². The lowest BCUT2D eigenvalue weighted by Crippen LogP contribution is -2.09. The summed E-state index contributed by atoms with van der Waals surface area (Å²) in [4.78, 5) is 3.87. The molecule has 1 aliphatic carbocycles. The van der Waals surface area contributed by atoms with Crippen LogP contribution in [0.15, 0.2) is 24.5 Å². The standard InChI is InChI=1S/C13H13F3N4/c14-13(15,16)10-3-4-11(18-7-10)20-12(8-1-2-8)9(5-17)6-19-20/h3-4,6-8H,1-2,5,17H2. The lowest BCUT2D eigenvalue weighted by Gasteiger charge is -2.09. The van der Waals surface area contributed by atoms with Crippen LogP contribution in [0.4, 0.5) is 13.2 Å². The molecule has 0 aliphatic heterocycles. The Morgan fingerprint density at radius 3 is 2.50 bits per heavy atom. The van der Waals surface area contributed by atoms with Crippen LogP contribution in [-0.4, -0.2) is 14.8 Å². The van der Waals surface area contributed by atoms with Gasteiger partial charge >= 0.3 is 6.18 Å². The summed E-state index contributed by atoms with van der Waals surface area (Å²) in [7, 11) is 0. The van der Waals surface area contributed by atoms with Crippen LogP contribution in [0.3, 0.4) is 0 Å². The van der Waals surface area contributed by atoms with Gasteiger partial charge in [-0.15, -0.1) is 0 Å². The maximum atomic E-state index is 12.5. The third-order valence-corrected chi connectivity index (χ3v) is 3.36. The zero-order chi connectivity index (χ0) is 14.3. The molecule has 4 nitrogen and oxygen atoms in total. The molecule has 106 valence electrons. The summed E-state index contributed by atoms with van der Waals surface area (Å²) in [6.07, 6.45) is 0.221. The van der Waals surface area contributed by atoms with Crippen molar-refractivity contribution < 1.29 is 13.2 Å². The van der Waals surface area contributed by atoms with E-state index in [9.17, 15) is 13.2 Å². The van der Waals surface area contributed by atoms with Crippen molar-refractivity contribution in [2.24, 2.45) is 5.73 Å². The number of hydrogen-bond acceptors (Lipinski definition) is 3. The van der Waals surface area contributed by atoms with E-state index in [1.165, 1.54) is 6.07 Å². The molecule has 0 spiro atoms. The summed E-state index contributed by atoms with van der Waals surface area (Å²) in [6.45, 7) is 0.368. The molecule has 0 amide bonds. The van der Waals surface area contributed by atoms with Gasteiger partial charge in [0.05, 0.1) is 17.5 Å². The molecule has 1 fully saturated rings. The zero-order valence-corrected chi connectivity index (χ0v) is 10.6. The third-order valence-electron chi connectivity index (χ3n) is 3.36. The van der Waals surface area contributed by atoms with Gasteiger partial charge in [-0.05, 0) is 25.0 Å². The molecule has 2 heterocycles. The first-order chi connectivity index (χ1) is 9.50. The maximum Gasteiger partial charge on any atom is 0.417 e. The minimum atomic E-state index is -4.38. The molecule has 2 aromatic heterocycles. The van der Waals surface area contributed by atoms with E-state index in [2.05, 4.69) is 10.1 Å². The molecule has 2 aromatic rings. The van der Waals surface area contributed by atoms with E-state index in [4.69, 9.17) is 5.73 Å². The van der Waals surface area contributed by atoms with E-state index in [0.717, 1.165) is 36.4 Å². The van der Waals surface area contributed by atoms with Gasteiger partial charge in [-0.3, -0.25) is 0 Å². The summed E-state index contributed by atoms with van der Waals surface area (Å²) in [5.41, 5.74) is 6.80. The molecule has 0 atom stereocenters. The lowest BCUT2D eigenvalue weighted by molar-refractivity contribution is -0.137. The van der Waals surface area contributed by atoms with E-state index in [1.54, 1.807) is 10.9 Å². The van der Waals surface area contributed by atoms with Crippen LogP contribution >= 0.6 is 0 Å². The van der Waals surface area contributed by atoms with Crippen LogP contribution < -0.4 is 5.73 Å². The minimum Gasteiger partial charge on any atom is -0.326 e. The number of halogens is 3. The molecule has 0 aromatic carbocycles. The first kappa shape index (κ1) is 13.1. The highest BCUT2D eigenvalue weighted by atomic mass is 19.4. The molecule has 7 heteroatoms. The minimum absolute atomic E-state index is 0.368. The first-order valence-corrected chi connectivity index (χ1v) is 6.31. The number of hydrogen-bond donors (Lipinski definition) is 1. The van der Waals surface area contributed by atoms with Crippen molar-refractivity contribution in [2.75, 3.05) is 0 Å². The van der Waals surface area contributed by atoms with Crippen molar-refractivity contribution in [2.45, 2.75) is 31.5 Å².